The summed E-state index contributed by atoms with van der Waals surface area (Å²) in [5, 5.41) is -0.165. The van der Waals surface area contributed by atoms with Crippen LogP contribution >= 0.6 is 0 Å². The lowest BCUT2D eigenvalue weighted by Gasteiger charge is -2.10. The molecule has 1 aromatic rings. The molecule has 0 aliphatic heterocycles. The number of rotatable bonds is 4. The Morgan fingerprint density at radius 3 is 2.67 bits per heavy atom. The van der Waals surface area contributed by atoms with E-state index in [2.05, 4.69) is 4.98 Å². The van der Waals surface area contributed by atoms with E-state index in [9.17, 15) is 13.2 Å². The van der Waals surface area contributed by atoms with Crippen molar-refractivity contribution in [2.75, 3.05) is 0 Å². The number of hydrogen-bond acceptors (Lipinski definition) is 5. The van der Waals surface area contributed by atoms with Gasteiger partial charge < -0.3 is 5.73 Å². The summed E-state index contributed by atoms with van der Waals surface area (Å²) in [7, 11) is -3.81. The summed E-state index contributed by atoms with van der Waals surface area (Å²) in [5.74, 6) is -0.463. The largest absolute Gasteiger partial charge is 0.309 e. The first-order chi connectivity index (χ1) is 6.93. The van der Waals surface area contributed by atoms with Crippen molar-refractivity contribution < 1.29 is 13.2 Å². The Hall–Kier alpha value is -1.31. The molecule has 1 aromatic heterocycles. The Balaban J connectivity index is 2.91. The fourth-order valence-corrected chi connectivity index (χ4v) is 1.89. The lowest BCUT2D eigenvalue weighted by molar-refractivity contribution is -0.118. The van der Waals surface area contributed by atoms with E-state index in [1.807, 2.05) is 4.72 Å². The first-order valence-corrected chi connectivity index (χ1v) is 5.61. The van der Waals surface area contributed by atoms with Gasteiger partial charge >= 0.3 is 0 Å². The van der Waals surface area contributed by atoms with E-state index in [0.717, 1.165) is 0 Å². The molecule has 0 fully saturated rings. The lowest BCUT2D eigenvalue weighted by Crippen LogP contribution is -2.46. The van der Waals surface area contributed by atoms with Crippen molar-refractivity contribution in [2.24, 2.45) is 5.73 Å². The van der Waals surface area contributed by atoms with E-state index >= 15 is 0 Å². The normalized spacial score (nSPS) is 13.5. The van der Waals surface area contributed by atoms with E-state index in [0.29, 0.717) is 0 Å². The summed E-state index contributed by atoms with van der Waals surface area (Å²) >= 11 is 0. The minimum Gasteiger partial charge on any atom is -0.309 e. The van der Waals surface area contributed by atoms with Crippen molar-refractivity contribution in [3.05, 3.63) is 24.4 Å². The third-order valence-corrected chi connectivity index (χ3v) is 2.99. The Morgan fingerprint density at radius 1 is 1.53 bits per heavy atom. The van der Waals surface area contributed by atoms with Gasteiger partial charge in [-0.2, -0.15) is 4.72 Å². The quantitative estimate of drug-likeness (QED) is 0.660. The van der Waals surface area contributed by atoms with Crippen LogP contribution in [0.1, 0.15) is 6.92 Å². The molecule has 0 aliphatic rings. The maximum atomic E-state index is 11.5. The smallest absolute Gasteiger partial charge is 0.259 e. The van der Waals surface area contributed by atoms with Gasteiger partial charge in [-0.25, -0.2) is 13.4 Å². The van der Waals surface area contributed by atoms with Gasteiger partial charge in [0.25, 0.3) is 10.0 Å². The molecule has 1 heterocycles. The molecular formula is C8H11N3O3S. The van der Waals surface area contributed by atoms with Crippen molar-refractivity contribution >= 4 is 15.8 Å². The van der Waals surface area contributed by atoms with Crippen molar-refractivity contribution in [1.29, 1.82) is 0 Å². The monoisotopic (exact) mass is 229 g/mol. The standard InChI is InChI=1S/C8H11N3O3S/c1-6(12)8(9)11-15(13,14)7-4-2-3-5-10-7/h2-5,8,11H,9H2,1H3. The fraction of sp³-hybridized carbons (Fsp3) is 0.250. The minimum absolute atomic E-state index is 0.165. The van der Waals surface area contributed by atoms with Crippen molar-refractivity contribution in [3.63, 3.8) is 0 Å². The Morgan fingerprint density at radius 2 is 2.20 bits per heavy atom. The molecule has 6 nitrogen and oxygen atoms in total. The average Bonchev–Trinajstić information content (AvgIpc) is 2.18. The number of pyridine rings is 1. The van der Waals surface area contributed by atoms with Crippen molar-refractivity contribution in [2.45, 2.75) is 18.1 Å². The molecule has 1 unspecified atom stereocenters. The van der Waals surface area contributed by atoms with Gasteiger partial charge in [0.1, 0.15) is 6.17 Å². The lowest BCUT2D eigenvalue weighted by atomic mass is 10.4. The second-order valence-electron chi connectivity index (χ2n) is 2.88. The van der Waals surface area contributed by atoms with Gasteiger partial charge in [-0.15, -0.1) is 0 Å². The third kappa shape index (κ3) is 3.08. The number of carbonyl (C=O) groups is 1. The zero-order valence-electron chi connectivity index (χ0n) is 8.04. The SMILES string of the molecule is CC(=O)C(N)NS(=O)(=O)c1ccccn1. The molecular weight excluding hydrogens is 218 g/mol. The molecule has 0 bridgehead atoms. The van der Waals surface area contributed by atoms with Gasteiger partial charge in [0.15, 0.2) is 10.8 Å². The molecule has 3 N–H and O–H groups in total. The zero-order chi connectivity index (χ0) is 11.5. The van der Waals surface area contributed by atoms with Gasteiger partial charge in [0.2, 0.25) is 0 Å². The first kappa shape index (κ1) is 11.8. The Labute approximate surface area is 87.6 Å². The van der Waals surface area contributed by atoms with E-state index < -0.39 is 22.0 Å². The first-order valence-electron chi connectivity index (χ1n) is 4.13. The van der Waals surface area contributed by atoms with E-state index in [1.165, 1.54) is 25.3 Å². The highest BCUT2D eigenvalue weighted by molar-refractivity contribution is 7.89. The van der Waals surface area contributed by atoms with E-state index in [4.69, 9.17) is 5.73 Å². The van der Waals surface area contributed by atoms with Crippen molar-refractivity contribution in [1.82, 2.24) is 9.71 Å². The number of nitrogens with two attached hydrogens (primary N) is 1. The summed E-state index contributed by atoms with van der Waals surface area (Å²) in [5.41, 5.74) is 5.27. The van der Waals surface area contributed by atoms with Crippen LogP contribution in [0.5, 0.6) is 0 Å². The highest BCUT2D eigenvalue weighted by atomic mass is 32.2. The van der Waals surface area contributed by atoms with Gasteiger partial charge in [0, 0.05) is 6.20 Å². The highest BCUT2D eigenvalue weighted by Crippen LogP contribution is 2.03. The molecule has 1 rings (SSSR count). The molecule has 0 saturated heterocycles. The van der Waals surface area contributed by atoms with Crippen LogP contribution in [0.2, 0.25) is 0 Å². The van der Waals surface area contributed by atoms with Crippen LogP contribution in [0, 0.1) is 0 Å². The molecule has 1 atom stereocenters. The van der Waals surface area contributed by atoms with Crippen molar-refractivity contribution in [3.8, 4) is 0 Å². The van der Waals surface area contributed by atoms with E-state index in [1.54, 1.807) is 6.07 Å². The molecule has 0 amide bonds. The van der Waals surface area contributed by atoms with Gasteiger partial charge in [-0.05, 0) is 19.1 Å². The van der Waals surface area contributed by atoms with Crippen LogP contribution in [0.3, 0.4) is 0 Å². The Kier molecular flexibility index (Phi) is 3.51. The number of carbonyl (C=O) groups excluding carboxylic acids is 1. The van der Waals surface area contributed by atoms with Crippen LogP contribution in [0.15, 0.2) is 29.4 Å². The number of hydrogen-bond donors (Lipinski definition) is 2. The number of nitrogens with zero attached hydrogens (tertiary/aromatic N) is 1. The second-order valence-corrected chi connectivity index (χ2v) is 4.54. The number of aromatic nitrogens is 1. The predicted molar refractivity (Wildman–Crippen MR) is 53.2 cm³/mol. The van der Waals surface area contributed by atoms with Crippen LogP contribution in [0.25, 0.3) is 0 Å². The molecule has 15 heavy (non-hydrogen) atoms. The highest BCUT2D eigenvalue weighted by Gasteiger charge is 2.20. The Bertz CT molecular complexity index is 443. The molecule has 0 aliphatic carbocycles. The molecule has 0 saturated carbocycles. The van der Waals surface area contributed by atoms with Gasteiger partial charge in [0.05, 0.1) is 0 Å². The molecule has 0 radical (unpaired) electrons. The number of nitrogens with one attached hydrogen (secondary N) is 1. The number of ketones is 1. The number of Topliss-reactive ketones (excluding diaryl/α,β-unsaturated/α-hetero) is 1. The topological polar surface area (TPSA) is 102 Å². The molecule has 82 valence electrons. The summed E-state index contributed by atoms with van der Waals surface area (Å²) in [6.45, 7) is 1.20. The average molecular weight is 229 g/mol. The van der Waals surface area contributed by atoms with Crippen LogP contribution < -0.4 is 10.5 Å². The summed E-state index contributed by atoms with van der Waals surface area (Å²) in [6.07, 6.45) is 0.102. The van der Waals surface area contributed by atoms with Gasteiger partial charge in [-0.1, -0.05) is 6.07 Å². The van der Waals surface area contributed by atoms with Crippen LogP contribution in [0.4, 0.5) is 0 Å². The summed E-state index contributed by atoms with van der Waals surface area (Å²) < 4.78 is 25.1. The molecule has 0 aromatic carbocycles. The summed E-state index contributed by atoms with van der Waals surface area (Å²) in [6, 6.07) is 4.43. The maximum Gasteiger partial charge on any atom is 0.259 e. The molecule has 0 spiro atoms. The minimum atomic E-state index is -3.81. The maximum absolute atomic E-state index is 11.5. The van der Waals surface area contributed by atoms with Gasteiger partial charge in [-0.3, -0.25) is 4.79 Å². The predicted octanol–water partition coefficient (Wildman–Crippen LogP) is -0.766. The third-order valence-electron chi connectivity index (χ3n) is 1.63. The molecule has 7 heteroatoms. The number of sulfonamides is 1. The fourth-order valence-electron chi connectivity index (χ4n) is 0.817. The second kappa shape index (κ2) is 4.47. The zero-order valence-corrected chi connectivity index (χ0v) is 8.86. The van der Waals surface area contributed by atoms with Crippen LogP contribution in [-0.4, -0.2) is 25.4 Å². The van der Waals surface area contributed by atoms with Crippen LogP contribution in [-0.2, 0) is 14.8 Å². The van der Waals surface area contributed by atoms with E-state index in [-0.39, 0.29) is 5.03 Å². The summed E-state index contributed by atoms with van der Waals surface area (Å²) in [4.78, 5) is 14.4.